The van der Waals surface area contributed by atoms with Gasteiger partial charge in [0, 0.05) is 0 Å². The van der Waals surface area contributed by atoms with Crippen LogP contribution in [0.25, 0.3) is 0 Å². The van der Waals surface area contributed by atoms with Crippen molar-refractivity contribution in [2.75, 3.05) is 0 Å². The molecule has 1 atom stereocenters. The molecule has 16 heavy (non-hydrogen) atoms. The first kappa shape index (κ1) is 11.7. The van der Waals surface area contributed by atoms with Gasteiger partial charge in [0.25, 0.3) is 0 Å². The van der Waals surface area contributed by atoms with Gasteiger partial charge < -0.3 is 0 Å². The zero-order chi connectivity index (χ0) is 12.2. The van der Waals surface area contributed by atoms with E-state index in [0.29, 0.717) is 11.3 Å². The summed E-state index contributed by atoms with van der Waals surface area (Å²) in [6, 6.07) is 0. The molecule has 1 aromatic carbocycles. The van der Waals surface area contributed by atoms with Gasteiger partial charge in [0.1, 0.15) is 0 Å². The normalized spacial score (nSPS) is 22.3. The average molecular weight is 216 g/mol. The summed E-state index contributed by atoms with van der Waals surface area (Å²) < 4.78 is 0. The van der Waals surface area contributed by atoms with E-state index in [9.17, 15) is 0 Å². The quantitative estimate of drug-likeness (QED) is 0.594. The van der Waals surface area contributed by atoms with E-state index in [4.69, 9.17) is 0 Å². The van der Waals surface area contributed by atoms with E-state index in [-0.39, 0.29) is 0 Å². The summed E-state index contributed by atoms with van der Waals surface area (Å²) in [4.78, 5) is 0. The summed E-state index contributed by atoms with van der Waals surface area (Å²) in [6.07, 6.45) is 1.25. The first-order valence-electron chi connectivity index (χ1n) is 6.36. The summed E-state index contributed by atoms with van der Waals surface area (Å²) in [5.41, 5.74) is 9.79. The molecule has 0 amide bonds. The Morgan fingerprint density at radius 3 is 1.94 bits per heavy atom. The van der Waals surface area contributed by atoms with E-state index in [2.05, 4.69) is 48.5 Å². The Bertz CT molecular complexity index is 450. The molecule has 2 rings (SSSR count). The summed E-state index contributed by atoms with van der Waals surface area (Å²) in [5.74, 6) is 0.695. The van der Waals surface area contributed by atoms with Gasteiger partial charge in [-0.3, -0.25) is 0 Å². The molecule has 1 aromatic rings. The van der Waals surface area contributed by atoms with Crippen LogP contribution in [0.4, 0.5) is 0 Å². The Balaban J connectivity index is 2.76. The molecule has 0 heterocycles. The van der Waals surface area contributed by atoms with Crippen LogP contribution in [0, 0.1) is 33.1 Å². The zero-order valence-electron chi connectivity index (χ0n) is 11.8. The second-order valence-electron chi connectivity index (χ2n) is 6.28. The van der Waals surface area contributed by atoms with Crippen LogP contribution in [-0.4, -0.2) is 0 Å². The van der Waals surface area contributed by atoms with Crippen LogP contribution in [0.2, 0.25) is 0 Å². The van der Waals surface area contributed by atoms with Crippen molar-refractivity contribution in [1.29, 1.82) is 0 Å². The van der Waals surface area contributed by atoms with Crippen LogP contribution in [0.1, 0.15) is 60.1 Å². The number of hydrogen-bond acceptors (Lipinski definition) is 0. The topological polar surface area (TPSA) is 0 Å². The average Bonchev–Trinajstić information content (AvgIpc) is 2.45. The number of hydrogen-bond donors (Lipinski definition) is 0. The molecule has 0 spiro atoms. The van der Waals surface area contributed by atoms with Gasteiger partial charge in [0.15, 0.2) is 0 Å². The predicted molar refractivity (Wildman–Crippen MR) is 71.3 cm³/mol. The number of benzene rings is 1. The van der Waals surface area contributed by atoms with Crippen LogP contribution >= 0.6 is 0 Å². The Labute approximate surface area is 100 Å². The maximum absolute atomic E-state index is 2.40. The van der Waals surface area contributed by atoms with E-state index in [1.54, 1.807) is 11.1 Å². The van der Waals surface area contributed by atoms with E-state index in [1.165, 1.54) is 28.7 Å². The lowest BCUT2D eigenvalue weighted by Crippen LogP contribution is -2.15. The molecular weight excluding hydrogens is 192 g/mol. The molecule has 0 fully saturated rings. The fourth-order valence-electron chi connectivity index (χ4n) is 3.23. The van der Waals surface area contributed by atoms with Crippen LogP contribution in [0.5, 0.6) is 0 Å². The van der Waals surface area contributed by atoms with E-state index in [1.807, 2.05) is 0 Å². The van der Waals surface area contributed by atoms with Crippen LogP contribution in [0.3, 0.4) is 0 Å². The second kappa shape index (κ2) is 3.35. The van der Waals surface area contributed by atoms with Crippen molar-refractivity contribution < 1.29 is 0 Å². The molecule has 0 bridgehead atoms. The van der Waals surface area contributed by atoms with Crippen molar-refractivity contribution in [2.45, 2.75) is 60.8 Å². The highest BCUT2D eigenvalue weighted by atomic mass is 14.4. The summed E-state index contributed by atoms with van der Waals surface area (Å²) in [7, 11) is 0. The molecule has 0 radical (unpaired) electrons. The third kappa shape index (κ3) is 1.35. The predicted octanol–water partition coefficient (Wildman–Crippen LogP) is 4.61. The minimum atomic E-state index is 0.429. The molecule has 0 nitrogen and oxygen atoms in total. The highest BCUT2D eigenvalue weighted by Crippen LogP contribution is 2.50. The van der Waals surface area contributed by atoms with E-state index >= 15 is 0 Å². The van der Waals surface area contributed by atoms with Crippen molar-refractivity contribution in [3.63, 3.8) is 0 Å². The van der Waals surface area contributed by atoms with Crippen molar-refractivity contribution in [3.8, 4) is 0 Å². The molecule has 1 unspecified atom stereocenters. The monoisotopic (exact) mass is 216 g/mol. The highest BCUT2D eigenvalue weighted by Gasteiger charge is 2.38. The van der Waals surface area contributed by atoms with Crippen molar-refractivity contribution in [3.05, 3.63) is 33.4 Å². The molecule has 1 aliphatic carbocycles. The lowest BCUT2D eigenvalue weighted by atomic mass is 9.80. The summed E-state index contributed by atoms with van der Waals surface area (Å²) in [6.45, 7) is 16.4. The lowest BCUT2D eigenvalue weighted by Gasteiger charge is -2.24. The minimum absolute atomic E-state index is 0.429. The maximum Gasteiger partial charge on any atom is -0.0130 e. The molecule has 0 heteroatoms. The molecule has 0 aromatic heterocycles. The SMILES string of the molecule is Cc1c(C)c(C)c2c(c1C)CC(C)(C)C2C. The molecule has 0 N–H and O–H groups in total. The van der Waals surface area contributed by atoms with Gasteiger partial charge in [-0.25, -0.2) is 0 Å². The zero-order valence-corrected chi connectivity index (χ0v) is 11.8. The largest absolute Gasteiger partial charge is 0.0590 e. The number of rotatable bonds is 0. The first-order chi connectivity index (χ1) is 7.27. The maximum atomic E-state index is 2.40. The fourth-order valence-corrected chi connectivity index (χ4v) is 3.23. The molecule has 0 aliphatic heterocycles. The summed E-state index contributed by atoms with van der Waals surface area (Å²) in [5, 5.41) is 0. The third-order valence-corrected chi connectivity index (χ3v) is 5.11. The fraction of sp³-hybridized carbons (Fsp3) is 0.625. The Hall–Kier alpha value is -0.780. The van der Waals surface area contributed by atoms with Gasteiger partial charge in [-0.05, 0) is 78.8 Å². The van der Waals surface area contributed by atoms with Crippen molar-refractivity contribution in [1.82, 2.24) is 0 Å². The van der Waals surface area contributed by atoms with Crippen LogP contribution < -0.4 is 0 Å². The number of fused-ring (bicyclic) bond motifs is 1. The van der Waals surface area contributed by atoms with Crippen LogP contribution in [-0.2, 0) is 6.42 Å². The molecule has 0 saturated carbocycles. The third-order valence-electron chi connectivity index (χ3n) is 5.11. The molecular formula is C16H24. The minimum Gasteiger partial charge on any atom is -0.0590 e. The first-order valence-corrected chi connectivity index (χ1v) is 6.36. The van der Waals surface area contributed by atoms with Crippen molar-refractivity contribution >= 4 is 0 Å². The van der Waals surface area contributed by atoms with Crippen molar-refractivity contribution in [2.24, 2.45) is 5.41 Å². The highest BCUT2D eigenvalue weighted by molar-refractivity contribution is 5.54. The van der Waals surface area contributed by atoms with Gasteiger partial charge in [0.05, 0.1) is 0 Å². The molecule has 88 valence electrons. The second-order valence-corrected chi connectivity index (χ2v) is 6.28. The molecule has 0 saturated heterocycles. The van der Waals surface area contributed by atoms with Gasteiger partial charge in [-0.15, -0.1) is 0 Å². The Morgan fingerprint density at radius 1 is 0.875 bits per heavy atom. The van der Waals surface area contributed by atoms with Gasteiger partial charge in [0.2, 0.25) is 0 Å². The lowest BCUT2D eigenvalue weighted by molar-refractivity contribution is 0.329. The van der Waals surface area contributed by atoms with E-state index in [0.717, 1.165) is 0 Å². The van der Waals surface area contributed by atoms with E-state index < -0.39 is 0 Å². The van der Waals surface area contributed by atoms with Gasteiger partial charge in [-0.2, -0.15) is 0 Å². The van der Waals surface area contributed by atoms with Gasteiger partial charge >= 0.3 is 0 Å². The smallest absolute Gasteiger partial charge is 0.0130 e. The van der Waals surface area contributed by atoms with Crippen LogP contribution in [0.15, 0.2) is 0 Å². The van der Waals surface area contributed by atoms with Gasteiger partial charge in [-0.1, -0.05) is 20.8 Å². The Kier molecular flexibility index (Phi) is 2.45. The summed E-state index contributed by atoms with van der Waals surface area (Å²) >= 11 is 0. The standard InChI is InChI=1S/C16H24/c1-9-10(2)12(4)15-13(5)16(6,7)8-14(15)11(9)3/h13H,8H2,1-7H3. The Morgan fingerprint density at radius 2 is 1.38 bits per heavy atom. The molecule has 1 aliphatic rings.